The molecule has 0 aliphatic heterocycles. The van der Waals surface area contributed by atoms with Gasteiger partial charge in [0.25, 0.3) is 0 Å². The van der Waals surface area contributed by atoms with Crippen molar-refractivity contribution >= 4 is 31.9 Å². The fourth-order valence-electron chi connectivity index (χ4n) is 0. The molecule has 1 radical (unpaired) electrons. The Morgan fingerprint density at radius 3 is 1.80 bits per heavy atom. The number of alkyl halides is 2. The molecule has 0 saturated heterocycles. The minimum absolute atomic E-state index is 0.162. The van der Waals surface area contributed by atoms with E-state index in [4.69, 9.17) is 6.58 Å². The average Bonchev–Trinajstić information content (AvgIpc) is 1.38. The monoisotopic (exact) mass is 197 g/mol. The average molecular weight is 199 g/mol. The molecule has 0 heterocycles. The number of hydrogen-bond donors (Lipinski definition) is 0. The van der Waals surface area contributed by atoms with E-state index in [9.17, 15) is 0 Å². The zero-order valence-electron chi connectivity index (χ0n) is 2.49. The Labute approximate surface area is 48.5 Å². The summed E-state index contributed by atoms with van der Waals surface area (Å²) in [6.07, 6.45) is 1.50. The van der Waals surface area contributed by atoms with E-state index >= 15 is 0 Å². The molecule has 0 spiro atoms. The molecule has 0 amide bonds. The van der Waals surface area contributed by atoms with Crippen molar-refractivity contribution in [3.05, 3.63) is 12.7 Å². The van der Waals surface area contributed by atoms with Crippen LogP contribution in [0.25, 0.3) is 0 Å². The highest BCUT2D eigenvalue weighted by Crippen LogP contribution is 2.06. The summed E-state index contributed by atoms with van der Waals surface area (Å²) in [6, 6.07) is 0. The van der Waals surface area contributed by atoms with Crippen molar-refractivity contribution in [2.45, 2.75) is 3.74 Å². The highest BCUT2D eigenvalue weighted by Gasteiger charge is 1.79. The third-order valence-electron chi connectivity index (χ3n) is 0.145. The van der Waals surface area contributed by atoms with Crippen LogP contribution in [0.3, 0.4) is 0 Å². The second kappa shape index (κ2) is 2.91. The van der Waals surface area contributed by atoms with E-state index < -0.39 is 0 Å². The highest BCUT2D eigenvalue weighted by atomic mass is 79.9. The molecule has 0 aromatic heterocycles. The summed E-state index contributed by atoms with van der Waals surface area (Å²) < 4.78 is 0.162. The molecule has 0 aromatic rings. The summed E-state index contributed by atoms with van der Waals surface area (Å²) in [6.45, 7) is 4.95. The Morgan fingerprint density at radius 2 is 1.80 bits per heavy atom. The molecule has 2 heteroatoms. The molecule has 29 valence electrons. The minimum Gasteiger partial charge on any atom is -0.0719 e. The van der Waals surface area contributed by atoms with E-state index in [0.717, 1.165) is 0 Å². The Bertz CT molecular complexity index is 31.9. The molecular weight excluding hydrogens is 196 g/mol. The fourth-order valence-corrected chi connectivity index (χ4v) is 0. The number of hydrogen-bond acceptors (Lipinski definition) is 0. The van der Waals surface area contributed by atoms with Crippen LogP contribution in [0.2, 0.25) is 0 Å². The first-order valence-corrected chi connectivity index (χ1v) is 2.93. The molecule has 5 heavy (non-hydrogen) atoms. The lowest BCUT2D eigenvalue weighted by Crippen LogP contribution is -1.66. The Morgan fingerprint density at radius 1 is 1.60 bits per heavy atom. The molecule has 0 aromatic carbocycles. The third-order valence-corrected chi connectivity index (χ3v) is 0.756. The van der Waals surface area contributed by atoms with E-state index in [-0.39, 0.29) is 3.74 Å². The highest BCUT2D eigenvalue weighted by molar-refractivity contribution is 9.24. The van der Waals surface area contributed by atoms with Crippen molar-refractivity contribution in [1.82, 2.24) is 0 Å². The van der Waals surface area contributed by atoms with Gasteiger partial charge in [-0.05, 0) is 0 Å². The summed E-state index contributed by atoms with van der Waals surface area (Å²) >= 11 is 6.22. The van der Waals surface area contributed by atoms with E-state index in [1.54, 1.807) is 0 Å². The Kier molecular flexibility index (Phi) is 3.32. The smallest absolute Gasteiger partial charge is 0.0719 e. The van der Waals surface area contributed by atoms with Gasteiger partial charge in [-0.3, -0.25) is 0 Å². The van der Waals surface area contributed by atoms with Gasteiger partial charge in [-0.25, -0.2) is 0 Å². The zero-order chi connectivity index (χ0) is 4.28. The van der Waals surface area contributed by atoms with Gasteiger partial charge in [0.2, 0.25) is 0 Å². The Hall–Kier alpha value is 0.700. The number of halogens is 2. The molecule has 0 fully saturated rings. The lowest BCUT2D eigenvalue weighted by molar-refractivity contribution is 1.75. The van der Waals surface area contributed by atoms with Gasteiger partial charge < -0.3 is 0 Å². The summed E-state index contributed by atoms with van der Waals surface area (Å²) in [5.74, 6) is 0. The van der Waals surface area contributed by atoms with Crippen LogP contribution in [0.4, 0.5) is 0 Å². The molecule has 0 rings (SSSR count). The standard InChI is InChI=1S/C3H3Br2/c1-2-3(4)5/h1-3H. The molecule has 0 saturated carbocycles. The summed E-state index contributed by atoms with van der Waals surface area (Å²) in [5.41, 5.74) is 0. The van der Waals surface area contributed by atoms with Crippen molar-refractivity contribution in [2.24, 2.45) is 0 Å². The van der Waals surface area contributed by atoms with E-state index in [2.05, 4.69) is 31.9 Å². The van der Waals surface area contributed by atoms with Crippen LogP contribution >= 0.6 is 31.9 Å². The van der Waals surface area contributed by atoms with E-state index in [0.29, 0.717) is 0 Å². The van der Waals surface area contributed by atoms with Crippen molar-refractivity contribution in [1.29, 1.82) is 0 Å². The third kappa shape index (κ3) is 4.70. The molecule has 0 aliphatic rings. The van der Waals surface area contributed by atoms with Gasteiger partial charge in [0.05, 0.1) is 3.74 Å². The van der Waals surface area contributed by atoms with Gasteiger partial charge in [-0.1, -0.05) is 44.5 Å². The topological polar surface area (TPSA) is 0 Å². The van der Waals surface area contributed by atoms with Crippen molar-refractivity contribution in [3.63, 3.8) is 0 Å². The number of allylic oxidation sites excluding steroid dienone is 1. The molecule has 0 atom stereocenters. The van der Waals surface area contributed by atoms with Gasteiger partial charge in [-0.15, -0.1) is 0 Å². The molecule has 0 aliphatic carbocycles. The minimum atomic E-state index is 0.162. The van der Waals surface area contributed by atoms with Gasteiger partial charge in [-0.2, -0.15) is 0 Å². The fraction of sp³-hybridized carbons (Fsp3) is 0.333. The van der Waals surface area contributed by atoms with Crippen LogP contribution < -0.4 is 0 Å². The SMILES string of the molecule is [CH]=CC(Br)Br. The quantitative estimate of drug-likeness (QED) is 0.567. The molecule has 0 bridgehead atoms. The van der Waals surface area contributed by atoms with Crippen LogP contribution in [0.5, 0.6) is 0 Å². The second-order valence-electron chi connectivity index (χ2n) is 0.527. The van der Waals surface area contributed by atoms with Crippen LogP contribution in [-0.2, 0) is 0 Å². The maximum Gasteiger partial charge on any atom is 0.0880 e. The van der Waals surface area contributed by atoms with Crippen molar-refractivity contribution < 1.29 is 0 Å². The first kappa shape index (κ1) is 5.70. The van der Waals surface area contributed by atoms with Gasteiger partial charge in [0, 0.05) is 0 Å². The van der Waals surface area contributed by atoms with Crippen LogP contribution in [-0.4, -0.2) is 3.74 Å². The zero-order valence-corrected chi connectivity index (χ0v) is 5.66. The van der Waals surface area contributed by atoms with Crippen LogP contribution in [0.1, 0.15) is 0 Å². The first-order chi connectivity index (χ1) is 2.27. The largest absolute Gasteiger partial charge is 0.0880 e. The van der Waals surface area contributed by atoms with Gasteiger partial charge in [0.15, 0.2) is 0 Å². The van der Waals surface area contributed by atoms with E-state index in [1.165, 1.54) is 6.08 Å². The van der Waals surface area contributed by atoms with Gasteiger partial charge >= 0.3 is 0 Å². The molecule has 0 nitrogen and oxygen atoms in total. The normalized spacial score (nSPS) is 8.60. The Balaban J connectivity index is 2.83. The van der Waals surface area contributed by atoms with Crippen molar-refractivity contribution in [2.75, 3.05) is 0 Å². The van der Waals surface area contributed by atoms with Crippen LogP contribution in [0, 0.1) is 6.58 Å². The van der Waals surface area contributed by atoms with Gasteiger partial charge in [0.1, 0.15) is 0 Å². The molecule has 0 N–H and O–H groups in total. The van der Waals surface area contributed by atoms with E-state index in [1.807, 2.05) is 0 Å². The lowest BCUT2D eigenvalue weighted by atomic mass is 10.8. The summed E-state index contributed by atoms with van der Waals surface area (Å²) in [5, 5.41) is 0. The summed E-state index contributed by atoms with van der Waals surface area (Å²) in [4.78, 5) is 0. The van der Waals surface area contributed by atoms with Crippen molar-refractivity contribution in [3.8, 4) is 0 Å². The maximum absolute atomic E-state index is 4.95. The lowest BCUT2D eigenvalue weighted by Gasteiger charge is -1.78. The second-order valence-corrected chi connectivity index (χ2v) is 3.73. The predicted octanol–water partition coefficient (Wildman–Crippen LogP) is 2.09. The maximum atomic E-state index is 4.95. The number of rotatable bonds is 1. The molecular formula is C3H3Br2. The van der Waals surface area contributed by atoms with Crippen LogP contribution in [0.15, 0.2) is 6.08 Å². The first-order valence-electron chi connectivity index (χ1n) is 1.10. The predicted molar refractivity (Wildman–Crippen MR) is 30.5 cm³/mol. The summed E-state index contributed by atoms with van der Waals surface area (Å²) in [7, 11) is 0. The molecule has 0 unspecified atom stereocenters.